The summed E-state index contributed by atoms with van der Waals surface area (Å²) in [5.74, 6) is 6.35. The SMILES string of the molecule is COCC#Cc1cc2c(cc1N1CCOCC1)C(C)(C)C1=C(C2=O)c2ccc(C#N)cc2C1. The predicted octanol–water partition coefficient (Wildman–Crippen LogP) is 3.88. The normalized spacial score (nSPS) is 18.1. The molecule has 0 unspecified atom stereocenters. The standard InChI is InChI=1S/C28H26N2O3/c1-28(2)23-16-25(30-8-11-33-12-9-30)19(5-4-10-32-3)14-22(23)27(31)26-21-7-6-18(17-29)13-20(21)15-24(26)28/h6-7,13-14,16H,8-12,15H2,1-3H3. The van der Waals surface area contributed by atoms with E-state index in [0.29, 0.717) is 31.8 Å². The van der Waals surface area contributed by atoms with Crippen LogP contribution in [0.2, 0.25) is 0 Å². The Kier molecular flexibility index (Phi) is 5.33. The number of carbonyl (C=O) groups excluding carboxylic acids is 1. The van der Waals surface area contributed by atoms with E-state index in [9.17, 15) is 10.1 Å². The molecule has 33 heavy (non-hydrogen) atoms. The molecule has 166 valence electrons. The molecule has 5 rings (SSSR count). The van der Waals surface area contributed by atoms with Gasteiger partial charge in [0, 0.05) is 42.3 Å². The Hall–Kier alpha value is -3.38. The van der Waals surface area contributed by atoms with Gasteiger partial charge >= 0.3 is 0 Å². The van der Waals surface area contributed by atoms with E-state index < -0.39 is 0 Å². The van der Waals surface area contributed by atoms with Crippen LogP contribution in [0.15, 0.2) is 35.9 Å². The molecule has 5 heteroatoms. The van der Waals surface area contributed by atoms with E-state index in [1.165, 1.54) is 0 Å². The lowest BCUT2D eigenvalue weighted by Gasteiger charge is -2.37. The van der Waals surface area contributed by atoms with E-state index >= 15 is 0 Å². The smallest absolute Gasteiger partial charge is 0.193 e. The zero-order valence-corrected chi connectivity index (χ0v) is 19.2. The van der Waals surface area contributed by atoms with Crippen molar-refractivity contribution >= 4 is 17.0 Å². The molecule has 1 aliphatic heterocycles. The van der Waals surface area contributed by atoms with Crippen LogP contribution in [-0.4, -0.2) is 45.8 Å². The van der Waals surface area contributed by atoms with Gasteiger partial charge in [0.25, 0.3) is 0 Å². The number of morpholine rings is 1. The molecule has 0 aromatic heterocycles. The van der Waals surface area contributed by atoms with Gasteiger partial charge in [-0.1, -0.05) is 31.8 Å². The molecule has 0 N–H and O–H groups in total. The van der Waals surface area contributed by atoms with Gasteiger partial charge < -0.3 is 14.4 Å². The Morgan fingerprint density at radius 3 is 2.67 bits per heavy atom. The molecule has 2 aliphatic carbocycles. The van der Waals surface area contributed by atoms with Gasteiger partial charge in [0.2, 0.25) is 0 Å². The molecule has 0 amide bonds. The van der Waals surface area contributed by atoms with E-state index in [2.05, 4.69) is 42.7 Å². The average Bonchev–Trinajstić information content (AvgIpc) is 3.23. The highest BCUT2D eigenvalue weighted by molar-refractivity contribution is 6.33. The summed E-state index contributed by atoms with van der Waals surface area (Å²) in [7, 11) is 1.62. The van der Waals surface area contributed by atoms with Gasteiger partial charge in [0.15, 0.2) is 5.78 Å². The summed E-state index contributed by atoms with van der Waals surface area (Å²) in [5, 5.41) is 9.33. The third-order valence-electron chi connectivity index (χ3n) is 7.00. The van der Waals surface area contributed by atoms with Crippen molar-refractivity contribution in [3.63, 3.8) is 0 Å². The number of ketones is 1. The minimum Gasteiger partial charge on any atom is -0.378 e. The molecule has 0 radical (unpaired) electrons. The third kappa shape index (κ3) is 3.45. The quantitative estimate of drug-likeness (QED) is 0.666. The average molecular weight is 439 g/mol. The zero-order chi connectivity index (χ0) is 23.2. The van der Waals surface area contributed by atoms with Crippen molar-refractivity contribution in [2.75, 3.05) is 44.9 Å². The number of benzene rings is 2. The molecule has 1 saturated heterocycles. The maximum Gasteiger partial charge on any atom is 0.193 e. The van der Waals surface area contributed by atoms with Gasteiger partial charge in [-0.3, -0.25) is 4.79 Å². The van der Waals surface area contributed by atoms with Crippen molar-refractivity contribution in [2.24, 2.45) is 0 Å². The minimum absolute atomic E-state index is 0.0473. The number of hydrogen-bond acceptors (Lipinski definition) is 5. The third-order valence-corrected chi connectivity index (χ3v) is 7.00. The second-order valence-electron chi connectivity index (χ2n) is 9.22. The minimum atomic E-state index is -0.316. The Labute approximate surface area is 194 Å². The van der Waals surface area contributed by atoms with Crippen molar-refractivity contribution in [3.8, 4) is 17.9 Å². The Bertz CT molecular complexity index is 1290. The van der Waals surface area contributed by atoms with E-state index in [0.717, 1.165) is 57.7 Å². The van der Waals surface area contributed by atoms with Crippen molar-refractivity contribution in [1.82, 2.24) is 0 Å². The van der Waals surface area contributed by atoms with Gasteiger partial charge in [-0.15, -0.1) is 0 Å². The molecule has 2 aromatic carbocycles. The highest BCUT2D eigenvalue weighted by atomic mass is 16.5. The maximum atomic E-state index is 13.8. The maximum absolute atomic E-state index is 13.8. The molecule has 0 atom stereocenters. The fourth-order valence-electron chi connectivity index (χ4n) is 5.25. The number of anilines is 1. The number of nitriles is 1. The molecule has 0 saturated carbocycles. The Morgan fingerprint density at radius 2 is 1.94 bits per heavy atom. The van der Waals surface area contributed by atoms with Crippen molar-refractivity contribution in [1.29, 1.82) is 5.26 Å². The number of allylic oxidation sites excluding steroid dienone is 2. The molecule has 0 spiro atoms. The zero-order valence-electron chi connectivity index (χ0n) is 19.2. The van der Waals surface area contributed by atoms with Crippen LogP contribution < -0.4 is 4.90 Å². The molecule has 3 aliphatic rings. The van der Waals surface area contributed by atoms with Crippen LogP contribution >= 0.6 is 0 Å². The number of ether oxygens (including phenoxy) is 2. The number of carbonyl (C=O) groups is 1. The molecular weight excluding hydrogens is 412 g/mol. The van der Waals surface area contributed by atoms with Gasteiger partial charge in [-0.25, -0.2) is 0 Å². The molecule has 1 heterocycles. The summed E-state index contributed by atoms with van der Waals surface area (Å²) >= 11 is 0. The molecule has 0 bridgehead atoms. The number of hydrogen-bond donors (Lipinski definition) is 0. The van der Waals surface area contributed by atoms with Crippen molar-refractivity contribution < 1.29 is 14.3 Å². The van der Waals surface area contributed by atoms with Crippen LogP contribution in [0.3, 0.4) is 0 Å². The van der Waals surface area contributed by atoms with Gasteiger partial charge in [-0.05, 0) is 52.9 Å². The van der Waals surface area contributed by atoms with Gasteiger partial charge in [0.05, 0.1) is 30.5 Å². The lowest BCUT2D eigenvalue weighted by molar-refractivity contribution is 0.105. The van der Waals surface area contributed by atoms with E-state index in [-0.39, 0.29) is 11.2 Å². The van der Waals surface area contributed by atoms with Crippen LogP contribution in [-0.2, 0) is 21.3 Å². The first-order valence-corrected chi connectivity index (χ1v) is 11.3. The topological polar surface area (TPSA) is 62.6 Å². The summed E-state index contributed by atoms with van der Waals surface area (Å²) in [5.41, 5.74) is 7.91. The Morgan fingerprint density at radius 1 is 1.15 bits per heavy atom. The molecular formula is C28H26N2O3. The van der Waals surface area contributed by atoms with Crippen molar-refractivity contribution in [2.45, 2.75) is 25.7 Å². The van der Waals surface area contributed by atoms with Crippen LogP contribution in [0.1, 0.15) is 52.0 Å². The highest BCUT2D eigenvalue weighted by Gasteiger charge is 2.43. The summed E-state index contributed by atoms with van der Waals surface area (Å²) < 4.78 is 10.7. The Balaban J connectivity index is 1.67. The monoisotopic (exact) mass is 438 g/mol. The van der Waals surface area contributed by atoms with Crippen LogP contribution in [0.4, 0.5) is 5.69 Å². The van der Waals surface area contributed by atoms with E-state index in [1.807, 2.05) is 18.2 Å². The largest absolute Gasteiger partial charge is 0.378 e. The second kappa shape index (κ2) is 8.19. The summed E-state index contributed by atoms with van der Waals surface area (Å²) in [6.07, 6.45) is 0.695. The molecule has 2 aromatic rings. The van der Waals surface area contributed by atoms with Crippen LogP contribution in [0.25, 0.3) is 5.57 Å². The first kappa shape index (κ1) is 21.5. The number of nitrogens with zero attached hydrogens (tertiary/aromatic N) is 2. The number of methoxy groups -OCH3 is 1. The first-order chi connectivity index (χ1) is 16.0. The van der Waals surface area contributed by atoms with Gasteiger partial charge in [0.1, 0.15) is 6.61 Å². The van der Waals surface area contributed by atoms with Gasteiger partial charge in [-0.2, -0.15) is 5.26 Å². The van der Waals surface area contributed by atoms with E-state index in [1.54, 1.807) is 13.2 Å². The summed E-state index contributed by atoms with van der Waals surface area (Å²) in [6.45, 7) is 7.67. The fourth-order valence-corrected chi connectivity index (χ4v) is 5.25. The lowest BCUT2D eigenvalue weighted by Crippen LogP contribution is -2.37. The lowest BCUT2D eigenvalue weighted by atomic mass is 9.68. The number of fused-ring (bicyclic) bond motifs is 3. The second-order valence-corrected chi connectivity index (χ2v) is 9.22. The van der Waals surface area contributed by atoms with Crippen LogP contribution in [0, 0.1) is 23.2 Å². The molecule has 1 fully saturated rings. The van der Waals surface area contributed by atoms with E-state index in [4.69, 9.17) is 9.47 Å². The van der Waals surface area contributed by atoms with Crippen molar-refractivity contribution in [3.05, 3.63) is 69.3 Å². The fraction of sp³-hybridized carbons (Fsp3) is 0.357. The van der Waals surface area contributed by atoms with Crippen LogP contribution in [0.5, 0.6) is 0 Å². The number of rotatable bonds is 2. The molecule has 5 nitrogen and oxygen atoms in total. The highest BCUT2D eigenvalue weighted by Crippen LogP contribution is 2.51. The summed E-state index contributed by atoms with van der Waals surface area (Å²) in [4.78, 5) is 16.1. The summed E-state index contributed by atoms with van der Waals surface area (Å²) in [6, 6.07) is 12.0. The number of Topliss-reactive ketones (excluding diaryl/α,β-unsaturated/α-hetero) is 1. The first-order valence-electron chi connectivity index (χ1n) is 11.3. The predicted molar refractivity (Wildman–Crippen MR) is 127 cm³/mol.